The van der Waals surface area contributed by atoms with Crippen molar-refractivity contribution in [1.82, 2.24) is 0 Å². The molecule has 0 fully saturated rings. The van der Waals surface area contributed by atoms with Crippen molar-refractivity contribution in [2.45, 2.75) is 6.92 Å². The molecule has 3 aromatic rings. The minimum Gasteiger partial charge on any atom is -0.493 e. The summed E-state index contributed by atoms with van der Waals surface area (Å²) >= 11 is 0. The Morgan fingerprint density at radius 2 is 1.72 bits per heavy atom. The third-order valence-electron chi connectivity index (χ3n) is 5.21. The van der Waals surface area contributed by atoms with E-state index in [1.807, 2.05) is 12.1 Å². The third kappa shape index (κ3) is 3.95. The summed E-state index contributed by atoms with van der Waals surface area (Å²) in [5, 5.41) is 0. The van der Waals surface area contributed by atoms with Crippen molar-refractivity contribution in [3.05, 3.63) is 88.7 Å². The van der Waals surface area contributed by atoms with E-state index >= 15 is 0 Å². The first-order chi connectivity index (χ1) is 15.5. The maximum absolute atomic E-state index is 12.9. The fourth-order valence-electron chi connectivity index (χ4n) is 3.54. The smallest absolute Gasteiger partial charge is 0.231 e. The van der Waals surface area contributed by atoms with Gasteiger partial charge in [-0.1, -0.05) is 42.5 Å². The molecule has 0 aromatic heterocycles. The van der Waals surface area contributed by atoms with Crippen molar-refractivity contribution >= 4 is 17.6 Å². The molecule has 6 nitrogen and oxygen atoms in total. The zero-order valence-corrected chi connectivity index (χ0v) is 18.0. The second-order valence-electron chi connectivity index (χ2n) is 7.17. The van der Waals surface area contributed by atoms with Crippen LogP contribution in [0.2, 0.25) is 0 Å². The molecule has 0 saturated heterocycles. The zero-order chi connectivity index (χ0) is 22.7. The number of carbonyl (C=O) groups is 2. The van der Waals surface area contributed by atoms with Gasteiger partial charge < -0.3 is 18.9 Å². The first kappa shape index (κ1) is 21.2. The lowest BCUT2D eigenvalue weighted by Crippen LogP contribution is -2.12. The van der Waals surface area contributed by atoms with Gasteiger partial charge in [0, 0.05) is 16.7 Å². The fourth-order valence-corrected chi connectivity index (χ4v) is 3.54. The van der Waals surface area contributed by atoms with Crippen LogP contribution < -0.4 is 18.9 Å². The van der Waals surface area contributed by atoms with E-state index in [4.69, 9.17) is 18.9 Å². The second-order valence-corrected chi connectivity index (χ2v) is 7.17. The Bertz CT molecular complexity index is 1210. The van der Waals surface area contributed by atoms with Gasteiger partial charge in [-0.2, -0.15) is 0 Å². The second kappa shape index (κ2) is 8.98. The molecule has 0 spiro atoms. The number of ether oxygens (including phenoxy) is 4. The van der Waals surface area contributed by atoms with Crippen LogP contribution in [0.25, 0.3) is 6.08 Å². The molecular weight excluding hydrogens is 408 g/mol. The number of hydrogen-bond donors (Lipinski definition) is 0. The maximum Gasteiger partial charge on any atom is 0.231 e. The van der Waals surface area contributed by atoms with Gasteiger partial charge in [0.15, 0.2) is 29.6 Å². The van der Waals surface area contributed by atoms with Crippen LogP contribution in [0.5, 0.6) is 23.0 Å². The maximum atomic E-state index is 12.9. The Hall–Kier alpha value is -4.06. The highest BCUT2D eigenvalue weighted by molar-refractivity contribution is 6.15. The predicted molar refractivity (Wildman–Crippen MR) is 120 cm³/mol. The summed E-state index contributed by atoms with van der Waals surface area (Å²) in [6, 6.07) is 17.7. The van der Waals surface area contributed by atoms with Crippen molar-refractivity contribution in [3.8, 4) is 23.0 Å². The van der Waals surface area contributed by atoms with Crippen LogP contribution in [0.15, 0.2) is 66.4 Å². The lowest BCUT2D eigenvalue weighted by atomic mass is 10.1. The van der Waals surface area contributed by atoms with Gasteiger partial charge in [-0.3, -0.25) is 9.59 Å². The van der Waals surface area contributed by atoms with Crippen molar-refractivity contribution in [1.29, 1.82) is 0 Å². The van der Waals surface area contributed by atoms with Crippen molar-refractivity contribution in [3.63, 3.8) is 0 Å². The van der Waals surface area contributed by atoms with Gasteiger partial charge in [-0.15, -0.1) is 0 Å². The molecule has 1 aliphatic heterocycles. The average Bonchev–Trinajstić information content (AvgIpc) is 3.14. The highest BCUT2D eigenvalue weighted by Gasteiger charge is 2.30. The molecule has 0 saturated carbocycles. The predicted octanol–water partition coefficient (Wildman–Crippen LogP) is 4.89. The first-order valence-electron chi connectivity index (χ1n) is 10.0. The van der Waals surface area contributed by atoms with Crippen LogP contribution in [0, 0.1) is 6.92 Å². The molecule has 0 N–H and O–H groups in total. The monoisotopic (exact) mass is 430 g/mol. The van der Waals surface area contributed by atoms with Gasteiger partial charge >= 0.3 is 0 Å². The standard InChI is InChI=1S/C26H22O6/c1-16-21(31-15-20(27)17-8-5-4-6-9-17)13-12-19-24(28)23(32-25(16)19)14-18-10-7-11-22(29-2)26(18)30-3/h4-14H,15H2,1-3H3/b23-14-. The minimum absolute atomic E-state index is 0.110. The summed E-state index contributed by atoms with van der Waals surface area (Å²) in [6.07, 6.45) is 1.63. The number of para-hydroxylation sites is 1. The van der Waals surface area contributed by atoms with Gasteiger partial charge in [-0.05, 0) is 31.2 Å². The van der Waals surface area contributed by atoms with E-state index in [2.05, 4.69) is 0 Å². The number of rotatable bonds is 7. The van der Waals surface area contributed by atoms with Gasteiger partial charge in [0.25, 0.3) is 0 Å². The lowest BCUT2D eigenvalue weighted by Gasteiger charge is -2.11. The quantitative estimate of drug-likeness (QED) is 0.393. The molecule has 0 atom stereocenters. The van der Waals surface area contributed by atoms with Crippen LogP contribution in [0.4, 0.5) is 0 Å². The summed E-state index contributed by atoms with van der Waals surface area (Å²) in [6.45, 7) is 1.69. The highest BCUT2D eigenvalue weighted by Crippen LogP contribution is 2.40. The highest BCUT2D eigenvalue weighted by atomic mass is 16.5. The summed E-state index contributed by atoms with van der Waals surface area (Å²) in [5.74, 6) is 1.78. The molecule has 0 unspecified atom stereocenters. The molecule has 1 heterocycles. The van der Waals surface area contributed by atoms with Gasteiger partial charge in [0.05, 0.1) is 19.8 Å². The van der Waals surface area contributed by atoms with Gasteiger partial charge in [-0.25, -0.2) is 0 Å². The van der Waals surface area contributed by atoms with E-state index in [9.17, 15) is 9.59 Å². The Morgan fingerprint density at radius 1 is 0.938 bits per heavy atom. The molecular formula is C26H22O6. The van der Waals surface area contributed by atoms with Crippen LogP contribution in [0.3, 0.4) is 0 Å². The van der Waals surface area contributed by atoms with Gasteiger partial charge in [0.2, 0.25) is 5.78 Å². The summed E-state index contributed by atoms with van der Waals surface area (Å²) in [5.41, 5.74) is 2.33. The number of ketones is 2. The first-order valence-corrected chi connectivity index (χ1v) is 10.0. The number of hydrogen-bond acceptors (Lipinski definition) is 6. The number of carbonyl (C=O) groups excluding carboxylic acids is 2. The normalized spacial score (nSPS) is 13.5. The Labute approximate surface area is 186 Å². The molecule has 0 aliphatic carbocycles. The molecule has 32 heavy (non-hydrogen) atoms. The van der Waals surface area contributed by atoms with Gasteiger partial charge in [0.1, 0.15) is 11.5 Å². The Kier molecular flexibility index (Phi) is 5.94. The summed E-state index contributed by atoms with van der Waals surface area (Å²) in [4.78, 5) is 25.3. The van der Waals surface area contributed by atoms with E-state index < -0.39 is 0 Å². The van der Waals surface area contributed by atoms with E-state index in [1.54, 1.807) is 68.6 Å². The molecule has 0 amide bonds. The molecule has 3 aromatic carbocycles. The number of methoxy groups -OCH3 is 2. The SMILES string of the molecule is COc1cccc(/C=C2\Oc3c(ccc(OCC(=O)c4ccccc4)c3C)C2=O)c1OC. The number of allylic oxidation sites excluding steroid dienone is 1. The summed E-state index contributed by atoms with van der Waals surface area (Å²) < 4.78 is 22.4. The fraction of sp³-hybridized carbons (Fsp3) is 0.154. The van der Waals surface area contributed by atoms with Crippen LogP contribution >= 0.6 is 0 Å². The van der Waals surface area contributed by atoms with E-state index in [-0.39, 0.29) is 23.9 Å². The molecule has 1 aliphatic rings. The van der Waals surface area contributed by atoms with Crippen molar-refractivity contribution < 1.29 is 28.5 Å². The van der Waals surface area contributed by atoms with E-state index in [1.165, 1.54) is 7.11 Å². The molecule has 4 rings (SSSR count). The van der Waals surface area contributed by atoms with E-state index in [0.717, 1.165) is 0 Å². The molecule has 0 radical (unpaired) electrons. The largest absolute Gasteiger partial charge is 0.493 e. The van der Waals surface area contributed by atoms with Crippen molar-refractivity contribution in [2.24, 2.45) is 0 Å². The number of benzene rings is 3. The summed E-state index contributed by atoms with van der Waals surface area (Å²) in [7, 11) is 3.09. The Balaban J connectivity index is 1.58. The van der Waals surface area contributed by atoms with Crippen LogP contribution in [-0.2, 0) is 0 Å². The zero-order valence-electron chi connectivity index (χ0n) is 18.0. The lowest BCUT2D eigenvalue weighted by molar-refractivity contribution is 0.0920. The number of fused-ring (bicyclic) bond motifs is 1. The minimum atomic E-state index is -0.236. The molecule has 6 heteroatoms. The molecule has 162 valence electrons. The third-order valence-corrected chi connectivity index (χ3v) is 5.21. The van der Waals surface area contributed by atoms with Crippen LogP contribution in [-0.4, -0.2) is 32.4 Å². The Morgan fingerprint density at radius 3 is 2.44 bits per heavy atom. The topological polar surface area (TPSA) is 71.1 Å². The molecule has 0 bridgehead atoms. The average molecular weight is 430 g/mol. The number of Topliss-reactive ketones (excluding diaryl/α,β-unsaturated/α-hetero) is 2. The van der Waals surface area contributed by atoms with Crippen molar-refractivity contribution in [2.75, 3.05) is 20.8 Å². The van der Waals surface area contributed by atoms with Crippen LogP contribution in [0.1, 0.15) is 31.8 Å². The van der Waals surface area contributed by atoms with E-state index in [0.29, 0.717) is 45.3 Å².